The molecule has 2 unspecified atom stereocenters. The fourth-order valence-electron chi connectivity index (χ4n) is 3.26. The highest BCUT2D eigenvalue weighted by Crippen LogP contribution is 2.28. The highest BCUT2D eigenvalue weighted by atomic mass is 32.2. The molecule has 1 aromatic heterocycles. The first-order valence-corrected chi connectivity index (χ1v) is 12.3. The van der Waals surface area contributed by atoms with Gasteiger partial charge in [0.05, 0.1) is 17.9 Å². The number of benzene rings is 2. The number of nitriles is 1. The Hall–Kier alpha value is -3.31. The number of nitrogens with one attached hydrogen (secondary N) is 1. The van der Waals surface area contributed by atoms with E-state index in [9.17, 15) is 10.1 Å². The van der Waals surface area contributed by atoms with Crippen LogP contribution in [0, 0.1) is 17.2 Å². The normalized spacial score (nSPS) is 13.7. The number of thioether (sulfide) groups is 1. The molecule has 2 aromatic carbocycles. The monoisotopic (exact) mass is 477 g/mol. The zero-order valence-corrected chi connectivity index (χ0v) is 21.1. The number of amides is 1. The maximum absolute atomic E-state index is 12.9. The lowest BCUT2D eigenvalue weighted by Crippen LogP contribution is -2.51. The van der Waals surface area contributed by atoms with E-state index >= 15 is 0 Å². The molecule has 1 N–H and O–H groups in total. The molecule has 1 amide bonds. The van der Waals surface area contributed by atoms with E-state index in [1.807, 2.05) is 74.7 Å². The molecule has 0 fully saturated rings. The van der Waals surface area contributed by atoms with Crippen LogP contribution in [0.3, 0.4) is 0 Å². The predicted molar refractivity (Wildman–Crippen MR) is 134 cm³/mol. The summed E-state index contributed by atoms with van der Waals surface area (Å²) in [4.78, 5) is 12.9. The van der Waals surface area contributed by atoms with Crippen LogP contribution in [0.2, 0.25) is 0 Å². The summed E-state index contributed by atoms with van der Waals surface area (Å²) in [5.41, 5.74) is 1.07. The zero-order valence-electron chi connectivity index (χ0n) is 20.3. The topological polar surface area (TPSA) is 92.8 Å². The van der Waals surface area contributed by atoms with Crippen molar-refractivity contribution in [2.45, 2.75) is 57.0 Å². The summed E-state index contributed by atoms with van der Waals surface area (Å²) in [5.74, 6) is 1.32. The number of ether oxygens (including phenoxy) is 1. The van der Waals surface area contributed by atoms with Crippen molar-refractivity contribution in [3.05, 3.63) is 66.0 Å². The van der Waals surface area contributed by atoms with Crippen molar-refractivity contribution in [3.63, 3.8) is 0 Å². The van der Waals surface area contributed by atoms with Gasteiger partial charge in [0.2, 0.25) is 5.91 Å². The number of nitrogens with zero attached hydrogens (tertiary/aromatic N) is 4. The van der Waals surface area contributed by atoms with Crippen molar-refractivity contribution in [3.8, 4) is 17.5 Å². The molecule has 2 atom stereocenters. The summed E-state index contributed by atoms with van der Waals surface area (Å²) < 4.78 is 7.56. The Morgan fingerprint density at radius 1 is 1.15 bits per heavy atom. The molecule has 0 saturated carbocycles. The van der Waals surface area contributed by atoms with E-state index in [-0.39, 0.29) is 11.8 Å². The molecule has 3 aromatic rings. The first kappa shape index (κ1) is 25.3. The standard InChI is InChI=1S/C26H31N5O2S/c1-6-33-22-14-12-21(13-15-22)31-23(16-20-10-8-7-9-11-20)29-30-25(31)34-19(4)24(32)28-26(5,17-27)18(2)3/h7-15,18-19H,6,16H2,1-5H3,(H,28,32). The minimum Gasteiger partial charge on any atom is -0.494 e. The van der Waals surface area contributed by atoms with Crippen molar-refractivity contribution in [2.75, 3.05) is 6.61 Å². The van der Waals surface area contributed by atoms with Crippen LogP contribution < -0.4 is 10.1 Å². The quantitative estimate of drug-likeness (QED) is 0.422. The third kappa shape index (κ3) is 5.97. The molecule has 3 rings (SSSR count). The molecule has 0 spiro atoms. The summed E-state index contributed by atoms with van der Waals surface area (Å²) in [5, 5.41) is 21.5. The van der Waals surface area contributed by atoms with Crippen LogP contribution in [0.5, 0.6) is 5.75 Å². The lowest BCUT2D eigenvalue weighted by atomic mass is 9.90. The number of rotatable bonds is 10. The maximum Gasteiger partial charge on any atom is 0.234 e. The predicted octanol–water partition coefficient (Wildman–Crippen LogP) is 4.79. The summed E-state index contributed by atoms with van der Waals surface area (Å²) >= 11 is 1.32. The fraction of sp³-hybridized carbons (Fsp3) is 0.385. The van der Waals surface area contributed by atoms with Gasteiger partial charge in [-0.1, -0.05) is 55.9 Å². The minimum atomic E-state index is -0.937. The Morgan fingerprint density at radius 3 is 2.41 bits per heavy atom. The van der Waals surface area contributed by atoms with E-state index < -0.39 is 10.8 Å². The van der Waals surface area contributed by atoms with Crippen LogP contribution >= 0.6 is 11.8 Å². The van der Waals surface area contributed by atoms with Gasteiger partial charge < -0.3 is 10.1 Å². The van der Waals surface area contributed by atoms with E-state index in [1.165, 1.54) is 11.8 Å². The van der Waals surface area contributed by atoms with Gasteiger partial charge in [-0.2, -0.15) is 5.26 Å². The number of aromatic nitrogens is 3. The van der Waals surface area contributed by atoms with E-state index in [4.69, 9.17) is 4.74 Å². The largest absolute Gasteiger partial charge is 0.494 e. The zero-order chi connectivity index (χ0) is 24.7. The van der Waals surface area contributed by atoms with Crippen LogP contribution in [-0.4, -0.2) is 38.1 Å². The third-order valence-electron chi connectivity index (χ3n) is 5.73. The first-order valence-electron chi connectivity index (χ1n) is 11.4. The first-order chi connectivity index (χ1) is 16.3. The van der Waals surface area contributed by atoms with Gasteiger partial charge in [-0.3, -0.25) is 9.36 Å². The van der Waals surface area contributed by atoms with Gasteiger partial charge in [0.25, 0.3) is 0 Å². The second-order valence-corrected chi connectivity index (χ2v) is 9.85. The van der Waals surface area contributed by atoms with E-state index in [1.54, 1.807) is 6.92 Å². The highest BCUT2D eigenvalue weighted by molar-refractivity contribution is 8.00. The molecule has 0 radical (unpaired) electrons. The van der Waals surface area contributed by atoms with Crippen LogP contribution in [0.1, 0.15) is 46.0 Å². The molecule has 0 saturated heterocycles. The SMILES string of the molecule is CCOc1ccc(-n2c(Cc3ccccc3)nnc2SC(C)C(=O)NC(C)(C#N)C(C)C)cc1. The molecule has 7 nitrogen and oxygen atoms in total. The van der Waals surface area contributed by atoms with Crippen LogP contribution in [0.15, 0.2) is 59.8 Å². The molecule has 0 aliphatic heterocycles. The third-order valence-corrected chi connectivity index (χ3v) is 6.78. The second-order valence-electron chi connectivity index (χ2n) is 8.54. The fourth-order valence-corrected chi connectivity index (χ4v) is 4.14. The van der Waals surface area contributed by atoms with Crippen molar-refractivity contribution < 1.29 is 9.53 Å². The molecule has 0 bridgehead atoms. The van der Waals surface area contributed by atoms with Gasteiger partial charge in [0.1, 0.15) is 17.1 Å². The van der Waals surface area contributed by atoms with E-state index in [0.717, 1.165) is 22.8 Å². The van der Waals surface area contributed by atoms with E-state index in [2.05, 4.69) is 33.7 Å². The van der Waals surface area contributed by atoms with Crippen molar-refractivity contribution in [2.24, 2.45) is 5.92 Å². The van der Waals surface area contributed by atoms with Crippen molar-refractivity contribution in [1.29, 1.82) is 5.26 Å². The van der Waals surface area contributed by atoms with Gasteiger partial charge in [0.15, 0.2) is 5.16 Å². The highest BCUT2D eigenvalue weighted by Gasteiger charge is 2.32. The van der Waals surface area contributed by atoms with Gasteiger partial charge in [-0.25, -0.2) is 0 Å². The lowest BCUT2D eigenvalue weighted by Gasteiger charge is -2.28. The van der Waals surface area contributed by atoms with Gasteiger partial charge in [-0.15, -0.1) is 10.2 Å². The second kappa shape index (κ2) is 11.2. The number of hydrogen-bond donors (Lipinski definition) is 1. The Morgan fingerprint density at radius 2 is 1.82 bits per heavy atom. The van der Waals surface area contributed by atoms with Gasteiger partial charge in [-0.05, 0) is 56.5 Å². The van der Waals surface area contributed by atoms with Gasteiger partial charge in [0, 0.05) is 12.1 Å². The summed E-state index contributed by atoms with van der Waals surface area (Å²) in [6, 6.07) is 20.0. The molecular weight excluding hydrogens is 446 g/mol. The number of hydrogen-bond acceptors (Lipinski definition) is 6. The summed E-state index contributed by atoms with van der Waals surface area (Å²) in [6.07, 6.45) is 0.599. The Balaban J connectivity index is 1.90. The molecule has 1 heterocycles. The van der Waals surface area contributed by atoms with Crippen molar-refractivity contribution >= 4 is 17.7 Å². The lowest BCUT2D eigenvalue weighted by molar-refractivity contribution is -0.121. The average molecular weight is 478 g/mol. The average Bonchev–Trinajstić information content (AvgIpc) is 3.21. The molecular formula is C26H31N5O2S. The van der Waals surface area contributed by atoms with Crippen LogP contribution in [0.4, 0.5) is 0 Å². The Labute approximate surface area is 205 Å². The number of carbonyl (C=O) groups is 1. The summed E-state index contributed by atoms with van der Waals surface area (Å²) in [6.45, 7) is 9.93. The smallest absolute Gasteiger partial charge is 0.234 e. The van der Waals surface area contributed by atoms with E-state index in [0.29, 0.717) is 18.2 Å². The number of carbonyl (C=O) groups excluding carboxylic acids is 1. The molecule has 34 heavy (non-hydrogen) atoms. The van der Waals surface area contributed by atoms with Crippen LogP contribution in [0.25, 0.3) is 5.69 Å². The Kier molecular flexibility index (Phi) is 8.35. The summed E-state index contributed by atoms with van der Waals surface area (Å²) in [7, 11) is 0. The van der Waals surface area contributed by atoms with Gasteiger partial charge >= 0.3 is 0 Å². The van der Waals surface area contributed by atoms with Crippen molar-refractivity contribution in [1.82, 2.24) is 20.1 Å². The Bertz CT molecular complexity index is 1140. The molecule has 178 valence electrons. The molecule has 8 heteroatoms. The minimum absolute atomic E-state index is 0.0244. The molecule has 0 aliphatic carbocycles. The molecule has 0 aliphatic rings. The van der Waals surface area contributed by atoms with Crippen LogP contribution in [-0.2, 0) is 11.2 Å². The maximum atomic E-state index is 12.9.